The molecule has 0 unspecified atom stereocenters. The van der Waals surface area contributed by atoms with Crippen LogP contribution in [0.3, 0.4) is 0 Å². The minimum atomic E-state index is -0.120. The molecule has 0 aliphatic heterocycles. The minimum Gasteiger partial charge on any atom is -0.469 e. The molecular weight excluding hydrogens is 278 g/mol. The van der Waals surface area contributed by atoms with Gasteiger partial charge < -0.3 is 20.2 Å². The lowest BCUT2D eigenvalue weighted by molar-refractivity contribution is 0.120. The number of aliphatic hydroxyl groups excluding tert-OH is 1. The van der Waals surface area contributed by atoms with E-state index < -0.39 is 0 Å². The third kappa shape index (κ3) is 6.10. The fourth-order valence-electron chi connectivity index (χ4n) is 2.67. The summed E-state index contributed by atoms with van der Waals surface area (Å²) >= 11 is 0. The Balaban J connectivity index is 1.78. The van der Waals surface area contributed by atoms with Crippen LogP contribution in [0.15, 0.2) is 27.8 Å². The normalized spacial score (nSPS) is 22.5. The lowest BCUT2D eigenvalue weighted by atomic mass is 9.93. The second-order valence-corrected chi connectivity index (χ2v) is 5.99. The van der Waals surface area contributed by atoms with Crippen LogP contribution in [0.2, 0.25) is 0 Å². The van der Waals surface area contributed by atoms with Crippen molar-refractivity contribution in [3.63, 3.8) is 0 Å². The summed E-state index contributed by atoms with van der Waals surface area (Å²) in [5.74, 6) is 1.88. The van der Waals surface area contributed by atoms with Crippen molar-refractivity contribution < 1.29 is 9.52 Å². The highest BCUT2D eigenvalue weighted by Crippen LogP contribution is 2.18. The Morgan fingerprint density at radius 1 is 1.36 bits per heavy atom. The maximum atomic E-state index is 9.60. The van der Waals surface area contributed by atoms with Crippen LogP contribution in [0.4, 0.5) is 0 Å². The first-order chi connectivity index (χ1) is 10.8. The Labute approximate surface area is 133 Å². The van der Waals surface area contributed by atoms with Gasteiger partial charge in [0.05, 0.1) is 12.4 Å². The highest BCUT2D eigenvalue weighted by atomic mass is 16.3. The zero-order valence-electron chi connectivity index (χ0n) is 13.6. The zero-order valence-corrected chi connectivity index (χ0v) is 13.6. The van der Waals surface area contributed by atoms with Crippen LogP contribution < -0.4 is 10.6 Å². The quantitative estimate of drug-likeness (QED) is 0.411. The monoisotopic (exact) mass is 307 g/mol. The fraction of sp³-hybridized carbons (Fsp3) is 0.706. The third-order valence-electron chi connectivity index (χ3n) is 4.06. The molecule has 124 valence electrons. The van der Waals surface area contributed by atoms with Crippen LogP contribution in [-0.2, 0) is 6.42 Å². The van der Waals surface area contributed by atoms with Gasteiger partial charge in [-0.3, -0.25) is 4.99 Å². The number of aliphatic hydroxyl groups is 1. The van der Waals surface area contributed by atoms with E-state index in [9.17, 15) is 5.11 Å². The summed E-state index contributed by atoms with van der Waals surface area (Å²) in [6, 6.07) is 4.32. The molecule has 0 aromatic carbocycles. The molecule has 1 saturated carbocycles. The number of unbranched alkanes of at least 4 members (excludes halogenated alkanes) is 1. The van der Waals surface area contributed by atoms with Gasteiger partial charge in [0.25, 0.3) is 0 Å². The Morgan fingerprint density at radius 2 is 2.18 bits per heavy atom. The summed E-state index contributed by atoms with van der Waals surface area (Å²) in [4.78, 5) is 4.65. The van der Waals surface area contributed by atoms with Gasteiger partial charge in [-0.2, -0.15) is 0 Å². The molecule has 2 rings (SSSR count). The van der Waals surface area contributed by atoms with Gasteiger partial charge in [0.15, 0.2) is 5.96 Å². The molecule has 5 nitrogen and oxygen atoms in total. The predicted molar refractivity (Wildman–Crippen MR) is 89.0 cm³/mol. The van der Waals surface area contributed by atoms with E-state index in [0.717, 1.165) is 69.8 Å². The van der Waals surface area contributed by atoms with Crippen molar-refractivity contribution in [1.29, 1.82) is 0 Å². The first-order valence-corrected chi connectivity index (χ1v) is 8.53. The van der Waals surface area contributed by atoms with Gasteiger partial charge in [0, 0.05) is 25.6 Å². The van der Waals surface area contributed by atoms with E-state index in [-0.39, 0.29) is 6.10 Å². The first-order valence-electron chi connectivity index (χ1n) is 8.53. The summed E-state index contributed by atoms with van der Waals surface area (Å²) in [7, 11) is 0. The SMILES string of the molecule is CCCCN=C(NCCc1ccco1)NC1CCC(O)CC1. The molecule has 5 heteroatoms. The largest absolute Gasteiger partial charge is 0.469 e. The van der Waals surface area contributed by atoms with Crippen LogP contribution in [0.1, 0.15) is 51.2 Å². The third-order valence-corrected chi connectivity index (χ3v) is 4.06. The van der Waals surface area contributed by atoms with Crippen LogP contribution in [0.5, 0.6) is 0 Å². The van der Waals surface area contributed by atoms with E-state index in [1.54, 1.807) is 6.26 Å². The Kier molecular flexibility index (Phi) is 7.30. The molecule has 3 N–H and O–H groups in total. The van der Waals surface area contributed by atoms with Crippen LogP contribution in [0, 0.1) is 0 Å². The van der Waals surface area contributed by atoms with Crippen molar-refractivity contribution in [1.82, 2.24) is 10.6 Å². The number of guanidine groups is 1. The molecule has 0 bridgehead atoms. The number of rotatable bonds is 7. The van der Waals surface area contributed by atoms with Gasteiger partial charge >= 0.3 is 0 Å². The summed E-state index contributed by atoms with van der Waals surface area (Å²) in [5, 5.41) is 16.5. The Bertz CT molecular complexity index is 423. The fourth-order valence-corrected chi connectivity index (χ4v) is 2.67. The predicted octanol–water partition coefficient (Wildman–Crippen LogP) is 2.46. The number of hydrogen-bond donors (Lipinski definition) is 3. The molecule has 1 aliphatic rings. The number of furan rings is 1. The van der Waals surface area contributed by atoms with Gasteiger partial charge in [-0.05, 0) is 44.2 Å². The Morgan fingerprint density at radius 3 is 2.86 bits per heavy atom. The molecule has 0 spiro atoms. The Hall–Kier alpha value is -1.49. The van der Waals surface area contributed by atoms with Gasteiger partial charge in [-0.25, -0.2) is 0 Å². The van der Waals surface area contributed by atoms with Crippen molar-refractivity contribution in [2.45, 2.75) is 64.0 Å². The number of nitrogens with one attached hydrogen (secondary N) is 2. The lowest BCUT2D eigenvalue weighted by Crippen LogP contribution is -2.46. The van der Waals surface area contributed by atoms with Crippen molar-refractivity contribution in [3.8, 4) is 0 Å². The van der Waals surface area contributed by atoms with Crippen molar-refractivity contribution in [2.75, 3.05) is 13.1 Å². The lowest BCUT2D eigenvalue weighted by Gasteiger charge is -2.27. The number of nitrogens with zero attached hydrogens (tertiary/aromatic N) is 1. The van der Waals surface area contributed by atoms with E-state index in [4.69, 9.17) is 4.42 Å². The van der Waals surface area contributed by atoms with Gasteiger partial charge in [-0.1, -0.05) is 13.3 Å². The molecule has 1 aliphatic carbocycles. The molecule has 0 saturated heterocycles. The topological polar surface area (TPSA) is 69.8 Å². The highest BCUT2D eigenvalue weighted by Gasteiger charge is 2.19. The first kappa shape index (κ1) is 16.9. The minimum absolute atomic E-state index is 0.120. The molecule has 0 radical (unpaired) electrons. The van der Waals surface area contributed by atoms with Crippen molar-refractivity contribution in [2.24, 2.45) is 4.99 Å². The van der Waals surface area contributed by atoms with Crippen molar-refractivity contribution in [3.05, 3.63) is 24.2 Å². The smallest absolute Gasteiger partial charge is 0.191 e. The van der Waals surface area contributed by atoms with E-state index >= 15 is 0 Å². The molecule has 0 amide bonds. The number of aliphatic imine (C=N–C) groups is 1. The summed E-state index contributed by atoms with van der Waals surface area (Å²) in [5.41, 5.74) is 0. The van der Waals surface area contributed by atoms with E-state index in [2.05, 4.69) is 22.5 Å². The van der Waals surface area contributed by atoms with E-state index in [0.29, 0.717) is 6.04 Å². The summed E-state index contributed by atoms with van der Waals surface area (Å²) in [6.45, 7) is 3.83. The average Bonchev–Trinajstić information content (AvgIpc) is 3.03. The van der Waals surface area contributed by atoms with Gasteiger partial charge in [0.1, 0.15) is 5.76 Å². The molecule has 1 aromatic rings. The highest BCUT2D eigenvalue weighted by molar-refractivity contribution is 5.80. The van der Waals surface area contributed by atoms with Crippen LogP contribution in [-0.4, -0.2) is 36.3 Å². The second-order valence-electron chi connectivity index (χ2n) is 5.99. The molecule has 0 atom stereocenters. The van der Waals surface area contributed by atoms with Crippen LogP contribution >= 0.6 is 0 Å². The van der Waals surface area contributed by atoms with E-state index in [1.165, 1.54) is 0 Å². The number of hydrogen-bond acceptors (Lipinski definition) is 3. The molecule has 22 heavy (non-hydrogen) atoms. The second kappa shape index (κ2) is 9.51. The summed E-state index contributed by atoms with van der Waals surface area (Å²) < 4.78 is 5.35. The average molecular weight is 307 g/mol. The van der Waals surface area contributed by atoms with Crippen molar-refractivity contribution >= 4 is 5.96 Å². The van der Waals surface area contributed by atoms with Crippen LogP contribution in [0.25, 0.3) is 0 Å². The molecule has 1 heterocycles. The standard InChI is InChI=1S/C17H29N3O2/c1-2-3-11-18-17(19-12-10-16-5-4-13-22-16)20-14-6-8-15(21)9-7-14/h4-5,13-15,21H,2-3,6-12H2,1H3,(H2,18,19,20). The van der Waals surface area contributed by atoms with E-state index in [1.807, 2.05) is 12.1 Å². The van der Waals surface area contributed by atoms with Gasteiger partial charge in [-0.15, -0.1) is 0 Å². The summed E-state index contributed by atoms with van der Waals surface area (Å²) in [6.07, 6.45) is 8.47. The maximum Gasteiger partial charge on any atom is 0.191 e. The molecular formula is C17H29N3O2. The molecule has 1 fully saturated rings. The molecule has 1 aromatic heterocycles. The maximum absolute atomic E-state index is 9.60. The van der Waals surface area contributed by atoms with Gasteiger partial charge in [0.2, 0.25) is 0 Å². The zero-order chi connectivity index (χ0) is 15.6.